The molecule has 70 valence electrons. The summed E-state index contributed by atoms with van der Waals surface area (Å²) in [6.07, 6.45) is 1.61. The number of carbonyl (C=O) groups is 1. The summed E-state index contributed by atoms with van der Waals surface area (Å²) in [5.41, 5.74) is 0.542. The summed E-state index contributed by atoms with van der Waals surface area (Å²) in [4.78, 5) is 11.4. The summed E-state index contributed by atoms with van der Waals surface area (Å²) in [5, 5.41) is 8.81. The van der Waals surface area contributed by atoms with Crippen LogP contribution in [0.3, 0.4) is 0 Å². The number of hydrogen-bond acceptors (Lipinski definition) is 2. The van der Waals surface area contributed by atoms with E-state index in [1.165, 1.54) is 0 Å². The number of rotatable bonds is 4. The van der Waals surface area contributed by atoms with Crippen molar-refractivity contribution < 1.29 is 9.90 Å². The molecule has 0 aromatic carbocycles. The Hall–Kier alpha value is -0.790. The van der Waals surface area contributed by atoms with Crippen molar-refractivity contribution in [2.75, 3.05) is 0 Å². The van der Waals surface area contributed by atoms with Gasteiger partial charge in [0.25, 0.3) is 0 Å². The van der Waals surface area contributed by atoms with Crippen molar-refractivity contribution in [3.63, 3.8) is 0 Å². The van der Waals surface area contributed by atoms with E-state index in [9.17, 15) is 4.79 Å². The topological polar surface area (TPSA) is 37.3 Å². The molecule has 0 rings (SSSR count). The lowest BCUT2D eigenvalue weighted by molar-refractivity contribution is -0.118. The molecule has 0 unspecified atom stereocenters. The number of aliphatic hydroxyl groups excluding tert-OH is 1. The molecule has 0 saturated carbocycles. The van der Waals surface area contributed by atoms with Gasteiger partial charge in [0.05, 0.1) is 6.26 Å². The second-order valence-corrected chi connectivity index (χ2v) is 3.77. The van der Waals surface area contributed by atoms with Crippen LogP contribution in [0, 0.1) is 11.8 Å². The highest BCUT2D eigenvalue weighted by atomic mass is 16.2. The molecule has 0 saturated heterocycles. The maximum absolute atomic E-state index is 11.4. The van der Waals surface area contributed by atoms with Gasteiger partial charge < -0.3 is 5.11 Å². The third-order valence-corrected chi connectivity index (χ3v) is 1.62. The lowest BCUT2D eigenvalue weighted by Gasteiger charge is -2.09. The zero-order valence-electron chi connectivity index (χ0n) is 8.29. The summed E-state index contributed by atoms with van der Waals surface area (Å²) in [7, 11) is 0. The smallest absolute Gasteiger partial charge is 0.164 e. The number of Topliss-reactive ketones (excluding diaryl/α,β-unsaturated/α-hetero) is 1. The van der Waals surface area contributed by atoms with Gasteiger partial charge in [0.2, 0.25) is 0 Å². The Morgan fingerprint density at radius 1 is 1.33 bits per heavy atom. The van der Waals surface area contributed by atoms with Gasteiger partial charge in [-0.05, 0) is 12.3 Å². The van der Waals surface area contributed by atoms with Gasteiger partial charge in [0.1, 0.15) is 0 Å². The van der Waals surface area contributed by atoms with Crippen molar-refractivity contribution in [1.82, 2.24) is 0 Å². The van der Waals surface area contributed by atoms with E-state index in [4.69, 9.17) is 5.11 Å². The number of hydrogen-bond donors (Lipinski definition) is 1. The highest BCUT2D eigenvalue weighted by Gasteiger charge is 2.14. The minimum absolute atomic E-state index is 0.0258. The maximum Gasteiger partial charge on any atom is 0.164 e. The molecule has 0 bridgehead atoms. The van der Waals surface area contributed by atoms with E-state index in [1.807, 2.05) is 27.7 Å². The van der Waals surface area contributed by atoms with Crippen molar-refractivity contribution >= 4 is 5.78 Å². The molecule has 0 atom stereocenters. The minimum atomic E-state index is -0.0258. The average molecular weight is 170 g/mol. The quantitative estimate of drug-likeness (QED) is 0.520. The number of carbonyl (C=O) groups excluding carboxylic acids is 1. The molecule has 2 heteroatoms. The Morgan fingerprint density at radius 3 is 2.08 bits per heavy atom. The van der Waals surface area contributed by atoms with E-state index in [0.29, 0.717) is 17.9 Å². The van der Waals surface area contributed by atoms with Crippen LogP contribution < -0.4 is 0 Å². The molecule has 2 nitrogen and oxygen atoms in total. The molecule has 0 aliphatic carbocycles. The van der Waals surface area contributed by atoms with Crippen LogP contribution in [0.1, 0.15) is 34.1 Å². The molecule has 0 heterocycles. The van der Waals surface area contributed by atoms with E-state index < -0.39 is 0 Å². The lowest BCUT2D eigenvalue weighted by Crippen LogP contribution is -2.12. The van der Waals surface area contributed by atoms with Crippen LogP contribution in [-0.2, 0) is 4.79 Å². The van der Waals surface area contributed by atoms with Crippen molar-refractivity contribution in [3.8, 4) is 0 Å². The molecule has 0 aliphatic heterocycles. The predicted molar refractivity (Wildman–Crippen MR) is 50.0 cm³/mol. The van der Waals surface area contributed by atoms with E-state index in [1.54, 1.807) is 0 Å². The van der Waals surface area contributed by atoms with Crippen LogP contribution >= 0.6 is 0 Å². The molecule has 0 radical (unpaired) electrons. The molecule has 1 N–H and O–H groups in total. The first-order valence-electron chi connectivity index (χ1n) is 4.36. The fourth-order valence-corrected chi connectivity index (χ4v) is 1.03. The molecular formula is C10H18O2. The van der Waals surface area contributed by atoms with E-state index in [-0.39, 0.29) is 11.7 Å². The van der Waals surface area contributed by atoms with Gasteiger partial charge in [-0.25, -0.2) is 0 Å². The molecule has 0 fully saturated rings. The summed E-state index contributed by atoms with van der Waals surface area (Å²) in [6.45, 7) is 7.73. The molecule has 12 heavy (non-hydrogen) atoms. The van der Waals surface area contributed by atoms with Crippen molar-refractivity contribution in [1.29, 1.82) is 0 Å². The van der Waals surface area contributed by atoms with Crippen LogP contribution in [-0.4, -0.2) is 10.9 Å². The van der Waals surface area contributed by atoms with Crippen molar-refractivity contribution in [2.45, 2.75) is 34.1 Å². The van der Waals surface area contributed by atoms with E-state index in [2.05, 4.69) is 0 Å². The zero-order valence-corrected chi connectivity index (χ0v) is 8.29. The maximum atomic E-state index is 11.4. The van der Waals surface area contributed by atoms with E-state index in [0.717, 1.165) is 6.26 Å². The van der Waals surface area contributed by atoms with Gasteiger partial charge in [0.15, 0.2) is 5.78 Å². The van der Waals surface area contributed by atoms with Gasteiger partial charge in [-0.15, -0.1) is 0 Å². The second-order valence-electron chi connectivity index (χ2n) is 3.77. The Bertz CT molecular complexity index is 178. The average Bonchev–Trinajstić information content (AvgIpc) is 1.98. The van der Waals surface area contributed by atoms with Gasteiger partial charge in [0, 0.05) is 11.5 Å². The Labute approximate surface area is 74.3 Å². The van der Waals surface area contributed by atoms with Crippen LogP contribution in [0.2, 0.25) is 0 Å². The van der Waals surface area contributed by atoms with Gasteiger partial charge in [-0.3, -0.25) is 4.79 Å². The number of ketones is 1. The monoisotopic (exact) mass is 170 g/mol. The summed E-state index contributed by atoms with van der Waals surface area (Å²) >= 11 is 0. The van der Waals surface area contributed by atoms with E-state index >= 15 is 0 Å². The Kier molecular flexibility index (Phi) is 4.64. The minimum Gasteiger partial charge on any atom is -0.515 e. The van der Waals surface area contributed by atoms with Crippen LogP contribution in [0.25, 0.3) is 0 Å². The third kappa shape index (κ3) is 3.56. The normalized spacial score (nSPS) is 12.7. The molecule has 0 spiro atoms. The second kappa shape index (κ2) is 4.96. The predicted octanol–water partition coefficient (Wildman–Crippen LogP) is 2.70. The third-order valence-electron chi connectivity index (χ3n) is 1.62. The summed E-state index contributed by atoms with van der Waals surface area (Å²) < 4.78 is 0. The fourth-order valence-electron chi connectivity index (χ4n) is 1.03. The largest absolute Gasteiger partial charge is 0.515 e. The first-order chi connectivity index (χ1) is 5.49. The van der Waals surface area contributed by atoms with Crippen LogP contribution in [0.15, 0.2) is 11.8 Å². The highest BCUT2D eigenvalue weighted by molar-refractivity contribution is 5.96. The molecule has 0 amide bonds. The lowest BCUT2D eigenvalue weighted by atomic mass is 9.95. The van der Waals surface area contributed by atoms with Crippen molar-refractivity contribution in [3.05, 3.63) is 11.8 Å². The first kappa shape index (κ1) is 11.2. The Balaban J connectivity index is 4.28. The first-order valence-corrected chi connectivity index (χ1v) is 4.36. The van der Waals surface area contributed by atoms with Gasteiger partial charge >= 0.3 is 0 Å². The molecular weight excluding hydrogens is 152 g/mol. The molecule has 0 aromatic heterocycles. The van der Waals surface area contributed by atoms with Crippen LogP contribution in [0.5, 0.6) is 0 Å². The number of aliphatic hydroxyl groups is 1. The molecule has 0 aliphatic rings. The highest BCUT2D eigenvalue weighted by Crippen LogP contribution is 2.14. The SMILES string of the molecule is CC(C)CC(=CO)C(=O)C(C)C. The number of allylic oxidation sites excluding steroid dienone is 1. The zero-order chi connectivity index (χ0) is 9.72. The molecule has 0 aromatic rings. The summed E-state index contributed by atoms with van der Waals surface area (Å²) in [5.74, 6) is 0.430. The standard InChI is InChI=1S/C10H18O2/c1-7(2)5-9(6-11)10(12)8(3)4/h6-8,11H,5H2,1-4H3. The summed E-state index contributed by atoms with van der Waals surface area (Å²) in [6, 6.07) is 0. The van der Waals surface area contributed by atoms with Gasteiger partial charge in [-0.2, -0.15) is 0 Å². The van der Waals surface area contributed by atoms with Crippen molar-refractivity contribution in [2.24, 2.45) is 11.8 Å². The Morgan fingerprint density at radius 2 is 1.83 bits per heavy atom. The van der Waals surface area contributed by atoms with Crippen LogP contribution in [0.4, 0.5) is 0 Å². The van der Waals surface area contributed by atoms with Gasteiger partial charge in [-0.1, -0.05) is 27.7 Å². The fraction of sp³-hybridized carbons (Fsp3) is 0.700.